The third-order valence-corrected chi connectivity index (χ3v) is 4.17. The minimum Gasteiger partial charge on any atom is -0.413 e. The second-order valence-electron chi connectivity index (χ2n) is 6.80. The normalized spacial score (nSPS) is 10.8. The number of alkyl halides is 3. The summed E-state index contributed by atoms with van der Waals surface area (Å²) in [7, 11) is 1.82. The molecule has 0 aliphatic rings. The first-order chi connectivity index (χ1) is 15.7. The van der Waals surface area contributed by atoms with Gasteiger partial charge in [-0.05, 0) is 54.8 Å². The Morgan fingerprint density at radius 3 is 2.35 bits per heavy atom. The maximum atomic E-state index is 13.5. The van der Waals surface area contributed by atoms with Crippen LogP contribution < -0.4 is 10.4 Å². The van der Waals surface area contributed by atoms with Crippen LogP contribution in [-0.4, -0.2) is 27.1 Å². The van der Waals surface area contributed by atoms with Crippen LogP contribution in [0.3, 0.4) is 0 Å². The van der Waals surface area contributed by atoms with E-state index in [1.807, 2.05) is 13.1 Å². The Balaban J connectivity index is 0.000000234. The molecule has 6 nitrogen and oxygen atoms in total. The summed E-state index contributed by atoms with van der Waals surface area (Å²) in [5.74, 6) is -2.65. The molecule has 0 spiro atoms. The summed E-state index contributed by atoms with van der Waals surface area (Å²) in [6.07, 6.45) is -1.50. The molecule has 1 N–H and O–H groups in total. The van der Waals surface area contributed by atoms with E-state index in [4.69, 9.17) is 0 Å². The van der Waals surface area contributed by atoms with Gasteiger partial charge in [0.15, 0.2) is 0 Å². The quantitative estimate of drug-likeness (QED) is 0.261. The van der Waals surface area contributed by atoms with Gasteiger partial charge in [-0.1, -0.05) is 17.7 Å². The van der Waals surface area contributed by atoms with Gasteiger partial charge in [-0.2, -0.15) is 13.2 Å². The van der Waals surface area contributed by atoms with E-state index in [1.54, 1.807) is 31.3 Å². The molecule has 0 saturated carbocycles. The first-order valence-electron chi connectivity index (χ1n) is 9.51. The van der Waals surface area contributed by atoms with Crippen molar-refractivity contribution < 1.29 is 42.1 Å². The zero-order valence-corrected chi connectivity index (χ0v) is 20.2. The van der Waals surface area contributed by atoms with Gasteiger partial charge in [0.1, 0.15) is 5.82 Å². The van der Waals surface area contributed by atoms with Crippen LogP contribution in [0.5, 0.6) is 0 Å². The van der Waals surface area contributed by atoms with Crippen LogP contribution in [0.2, 0.25) is 0 Å². The van der Waals surface area contributed by atoms with Gasteiger partial charge in [0.25, 0.3) is 0 Å². The van der Waals surface area contributed by atoms with Crippen molar-refractivity contribution in [3.63, 3.8) is 0 Å². The van der Waals surface area contributed by atoms with Crippen LogP contribution in [0, 0.1) is 24.6 Å². The van der Waals surface area contributed by atoms with Gasteiger partial charge in [0, 0.05) is 50.7 Å². The van der Waals surface area contributed by atoms with Gasteiger partial charge in [-0.15, -0.1) is 12.1 Å². The number of rotatable bonds is 4. The molecule has 0 bridgehead atoms. The molecule has 4 aromatic rings. The molecule has 0 fully saturated rings. The zero-order valence-electron chi connectivity index (χ0n) is 17.8. The fourth-order valence-electron chi connectivity index (χ4n) is 2.69. The molecular weight excluding hydrogens is 635 g/mol. The van der Waals surface area contributed by atoms with E-state index in [9.17, 15) is 22.0 Å². The number of nitrogens with one attached hydrogen (secondary N) is 1. The maximum Gasteiger partial charge on any atom is 0.429 e. The zero-order chi connectivity index (χ0) is 24.0. The molecular formula is C22H17F5IrN6-2. The minimum absolute atomic E-state index is 0. The Hall–Kier alpha value is -3.08. The van der Waals surface area contributed by atoms with Crippen molar-refractivity contribution in [1.29, 1.82) is 0 Å². The predicted molar refractivity (Wildman–Crippen MR) is 110 cm³/mol. The largest absolute Gasteiger partial charge is 0.429 e. The number of nitrogens with zero attached hydrogens (tertiary/aromatic N) is 5. The van der Waals surface area contributed by atoms with E-state index in [1.165, 1.54) is 6.20 Å². The van der Waals surface area contributed by atoms with Crippen molar-refractivity contribution >= 4 is 0 Å². The Bertz CT molecular complexity index is 1230. The topological polar surface area (TPSA) is 77.7 Å². The standard InChI is InChI=1S/C13H11F2N2.C9H6F3N4.Ir/c1-16-8-9-4-5-17-13(6-9)11-3-2-10(14)7-12(11)15;1-5-2-3-13-6(4-5)7-14-8(16-15-7)9(10,11)12;/h2,4-7,16H,8H2,1H3;2-4H,1H3;/q2*-1;. The Morgan fingerprint density at radius 1 is 1.03 bits per heavy atom. The number of hydrogen-bond acceptors (Lipinski definition) is 5. The van der Waals surface area contributed by atoms with E-state index in [-0.39, 0.29) is 37.2 Å². The molecule has 0 atom stereocenters. The molecule has 12 heteroatoms. The van der Waals surface area contributed by atoms with E-state index >= 15 is 0 Å². The van der Waals surface area contributed by atoms with Gasteiger partial charge in [0.2, 0.25) is 0 Å². The van der Waals surface area contributed by atoms with Gasteiger partial charge in [-0.25, -0.2) is 0 Å². The summed E-state index contributed by atoms with van der Waals surface area (Å²) in [5.41, 5.74) is 2.76. The fraction of sp³-hybridized carbons (Fsp3) is 0.182. The minimum atomic E-state index is -4.57. The van der Waals surface area contributed by atoms with Gasteiger partial charge >= 0.3 is 6.18 Å². The van der Waals surface area contributed by atoms with E-state index in [2.05, 4.69) is 36.5 Å². The van der Waals surface area contributed by atoms with Gasteiger partial charge in [0.05, 0.1) is 5.69 Å². The van der Waals surface area contributed by atoms with Crippen molar-refractivity contribution in [3.05, 3.63) is 83.4 Å². The summed E-state index contributed by atoms with van der Waals surface area (Å²) in [4.78, 5) is 11.2. The predicted octanol–water partition coefficient (Wildman–Crippen LogP) is 4.37. The number of halogens is 5. The second-order valence-corrected chi connectivity index (χ2v) is 6.80. The van der Waals surface area contributed by atoms with E-state index < -0.39 is 23.6 Å². The van der Waals surface area contributed by atoms with Crippen molar-refractivity contribution in [2.75, 3.05) is 7.05 Å². The number of benzene rings is 1. The number of pyridine rings is 2. The van der Waals surface area contributed by atoms with E-state index in [0.29, 0.717) is 12.2 Å². The van der Waals surface area contributed by atoms with Crippen molar-refractivity contribution in [2.24, 2.45) is 0 Å². The van der Waals surface area contributed by atoms with Crippen molar-refractivity contribution in [2.45, 2.75) is 19.6 Å². The molecule has 1 aromatic carbocycles. The van der Waals surface area contributed by atoms with Gasteiger partial charge < -0.3 is 20.4 Å². The third-order valence-electron chi connectivity index (χ3n) is 4.17. The van der Waals surface area contributed by atoms with Crippen molar-refractivity contribution in [1.82, 2.24) is 30.5 Å². The molecule has 0 unspecified atom stereocenters. The summed E-state index contributed by atoms with van der Waals surface area (Å²) >= 11 is 0. The third kappa shape index (κ3) is 7.21. The Kier molecular flexibility index (Phi) is 9.48. The Morgan fingerprint density at radius 2 is 1.74 bits per heavy atom. The van der Waals surface area contributed by atoms with Crippen LogP contribution >= 0.6 is 0 Å². The number of hydrogen-bond donors (Lipinski definition) is 1. The first kappa shape index (κ1) is 27.2. The summed E-state index contributed by atoms with van der Waals surface area (Å²) in [6.45, 7) is 2.46. The molecule has 1 radical (unpaired) electrons. The summed E-state index contributed by atoms with van der Waals surface area (Å²) in [5, 5.41) is 9.31. The molecule has 0 aliphatic heterocycles. The maximum absolute atomic E-state index is 13.5. The van der Waals surface area contributed by atoms with Crippen LogP contribution in [0.25, 0.3) is 22.8 Å². The molecule has 34 heavy (non-hydrogen) atoms. The SMILES string of the molecule is CNCc1ccnc(-c2[c-]cc(F)cc2F)c1.Cc1ccnc(-c2nc(C(F)(F)F)n[n-]2)c1.[Ir]. The molecule has 3 heterocycles. The summed E-state index contributed by atoms with van der Waals surface area (Å²) < 4.78 is 62.9. The average molecular weight is 653 g/mol. The monoisotopic (exact) mass is 653 g/mol. The van der Waals surface area contributed by atoms with Crippen LogP contribution in [-0.2, 0) is 32.8 Å². The number of aryl methyl sites for hydroxylation is 1. The first-order valence-corrected chi connectivity index (χ1v) is 9.51. The van der Waals surface area contributed by atoms with Crippen LogP contribution in [0.4, 0.5) is 22.0 Å². The summed E-state index contributed by atoms with van der Waals surface area (Å²) in [6, 6.07) is 11.4. The van der Waals surface area contributed by atoms with Crippen molar-refractivity contribution in [3.8, 4) is 22.8 Å². The molecule has 0 saturated heterocycles. The molecule has 0 aliphatic carbocycles. The number of aromatic nitrogens is 5. The smallest absolute Gasteiger partial charge is 0.413 e. The van der Waals surface area contributed by atoms with Crippen LogP contribution in [0.15, 0.2) is 48.8 Å². The van der Waals surface area contributed by atoms with Crippen LogP contribution in [0.1, 0.15) is 17.0 Å². The average Bonchev–Trinajstić information content (AvgIpc) is 3.26. The molecule has 4 rings (SSSR count). The fourth-order valence-corrected chi connectivity index (χ4v) is 2.69. The Labute approximate surface area is 205 Å². The molecule has 0 amide bonds. The molecule has 181 valence electrons. The second kappa shape index (κ2) is 11.9. The molecule has 3 aromatic heterocycles. The van der Waals surface area contributed by atoms with E-state index in [0.717, 1.165) is 23.3 Å². The van der Waals surface area contributed by atoms with Gasteiger partial charge in [-0.3, -0.25) is 18.9 Å².